The van der Waals surface area contributed by atoms with Gasteiger partial charge in [-0.05, 0) is 24.1 Å². The number of aliphatic hydroxyl groups excluding tert-OH is 1. The molecule has 0 aromatic carbocycles. The highest BCUT2D eigenvalue weighted by Crippen LogP contribution is 2.08. The predicted molar refractivity (Wildman–Crippen MR) is 45.1 cm³/mol. The maximum absolute atomic E-state index is 12.5. The Morgan fingerprint density at radius 1 is 1.67 bits per heavy atom. The van der Waals surface area contributed by atoms with E-state index in [0.29, 0.717) is 0 Å². The van der Waals surface area contributed by atoms with Gasteiger partial charge in [-0.1, -0.05) is 12.2 Å². The summed E-state index contributed by atoms with van der Waals surface area (Å²) in [6, 6.07) is 1.36. The van der Waals surface area contributed by atoms with E-state index in [1.54, 1.807) is 19.1 Å². The lowest BCUT2D eigenvalue weighted by atomic mass is 10.1. The number of aliphatic hydroxyl groups is 1. The van der Waals surface area contributed by atoms with Crippen molar-refractivity contribution in [2.24, 2.45) is 0 Å². The summed E-state index contributed by atoms with van der Waals surface area (Å²) in [6.07, 6.45) is 4.74. The fourth-order valence-corrected chi connectivity index (χ4v) is 0.886. The van der Waals surface area contributed by atoms with Crippen LogP contribution in [0.1, 0.15) is 11.1 Å². The number of halogens is 1. The van der Waals surface area contributed by atoms with E-state index in [9.17, 15) is 4.39 Å². The van der Waals surface area contributed by atoms with Crippen molar-refractivity contribution in [2.75, 3.05) is 6.61 Å². The fourth-order valence-electron chi connectivity index (χ4n) is 0.886. The third-order valence-corrected chi connectivity index (χ3v) is 1.52. The van der Waals surface area contributed by atoms with E-state index in [4.69, 9.17) is 5.11 Å². The molecule has 12 heavy (non-hydrogen) atoms. The molecule has 1 rings (SSSR count). The number of pyridine rings is 1. The number of hydrogen-bond acceptors (Lipinski definition) is 2. The normalized spacial score (nSPS) is 10.9. The Hall–Kier alpha value is -1.22. The van der Waals surface area contributed by atoms with Gasteiger partial charge in [0.2, 0.25) is 5.95 Å². The lowest BCUT2D eigenvalue weighted by molar-refractivity contribution is 0.343. The van der Waals surface area contributed by atoms with Gasteiger partial charge in [0.1, 0.15) is 0 Å². The average molecular weight is 167 g/mol. The number of aryl methyl sites for hydroxylation is 1. The first-order chi connectivity index (χ1) is 5.74. The van der Waals surface area contributed by atoms with Crippen LogP contribution in [0.2, 0.25) is 0 Å². The number of hydrogen-bond donors (Lipinski definition) is 1. The summed E-state index contributed by atoms with van der Waals surface area (Å²) < 4.78 is 12.5. The van der Waals surface area contributed by atoms with Crippen LogP contribution in [-0.4, -0.2) is 16.7 Å². The van der Waals surface area contributed by atoms with Gasteiger partial charge in [0.25, 0.3) is 0 Å². The molecule has 0 fully saturated rings. The van der Waals surface area contributed by atoms with E-state index < -0.39 is 5.95 Å². The van der Waals surface area contributed by atoms with Gasteiger partial charge in [-0.2, -0.15) is 4.39 Å². The number of rotatable bonds is 2. The molecule has 0 bridgehead atoms. The maximum Gasteiger partial charge on any atom is 0.213 e. The van der Waals surface area contributed by atoms with Crippen molar-refractivity contribution in [3.63, 3.8) is 0 Å². The van der Waals surface area contributed by atoms with Gasteiger partial charge in [0, 0.05) is 6.20 Å². The van der Waals surface area contributed by atoms with Crippen molar-refractivity contribution in [3.8, 4) is 0 Å². The molecule has 0 atom stereocenters. The molecular weight excluding hydrogens is 157 g/mol. The van der Waals surface area contributed by atoms with E-state index in [-0.39, 0.29) is 6.61 Å². The minimum Gasteiger partial charge on any atom is -0.392 e. The summed E-state index contributed by atoms with van der Waals surface area (Å²) in [5.74, 6) is -0.478. The monoisotopic (exact) mass is 167 g/mol. The van der Waals surface area contributed by atoms with Gasteiger partial charge in [0.05, 0.1) is 6.61 Å². The van der Waals surface area contributed by atoms with Gasteiger partial charge < -0.3 is 5.11 Å². The zero-order valence-corrected chi connectivity index (χ0v) is 6.79. The first-order valence-electron chi connectivity index (χ1n) is 3.63. The average Bonchev–Trinajstić information content (AvgIpc) is 2.03. The number of nitrogens with zero attached hydrogens (tertiary/aromatic N) is 1. The molecule has 1 N–H and O–H groups in total. The van der Waals surface area contributed by atoms with Crippen LogP contribution in [0.25, 0.3) is 6.08 Å². The summed E-state index contributed by atoms with van der Waals surface area (Å²) in [5, 5.41) is 8.49. The molecule has 3 heteroatoms. The van der Waals surface area contributed by atoms with Crippen molar-refractivity contribution < 1.29 is 9.50 Å². The van der Waals surface area contributed by atoms with Crippen LogP contribution in [0.15, 0.2) is 18.3 Å². The Morgan fingerprint density at radius 3 is 3.00 bits per heavy atom. The molecule has 2 nitrogen and oxygen atoms in total. The molecule has 0 aliphatic heterocycles. The molecule has 64 valence electrons. The molecule has 1 aromatic rings. The molecule has 1 aromatic heterocycles. The number of aromatic nitrogens is 1. The second-order valence-electron chi connectivity index (χ2n) is 2.45. The zero-order chi connectivity index (χ0) is 8.97. The van der Waals surface area contributed by atoms with Crippen LogP contribution in [-0.2, 0) is 0 Å². The van der Waals surface area contributed by atoms with Gasteiger partial charge in [-0.3, -0.25) is 0 Å². The minimum absolute atomic E-state index is 0.0170. The topological polar surface area (TPSA) is 33.1 Å². The Kier molecular flexibility index (Phi) is 2.94. The largest absolute Gasteiger partial charge is 0.392 e. The van der Waals surface area contributed by atoms with E-state index in [1.807, 2.05) is 0 Å². The smallest absolute Gasteiger partial charge is 0.213 e. The Balaban J connectivity index is 2.94. The maximum atomic E-state index is 12.5. The summed E-state index contributed by atoms with van der Waals surface area (Å²) in [6.45, 7) is 1.78. The van der Waals surface area contributed by atoms with Gasteiger partial charge in [-0.25, -0.2) is 4.98 Å². The highest BCUT2D eigenvalue weighted by molar-refractivity contribution is 5.51. The molecular formula is C9H10FNO. The molecule has 0 aliphatic rings. The van der Waals surface area contributed by atoms with Crippen LogP contribution in [0, 0.1) is 12.9 Å². The second-order valence-corrected chi connectivity index (χ2v) is 2.45. The summed E-state index contributed by atoms with van der Waals surface area (Å²) >= 11 is 0. The van der Waals surface area contributed by atoms with E-state index >= 15 is 0 Å². The Morgan fingerprint density at radius 2 is 2.42 bits per heavy atom. The molecule has 0 spiro atoms. The van der Waals surface area contributed by atoms with Gasteiger partial charge >= 0.3 is 0 Å². The van der Waals surface area contributed by atoms with E-state index in [1.165, 1.54) is 12.3 Å². The Labute approximate surface area is 70.4 Å². The highest BCUT2D eigenvalue weighted by Gasteiger charge is 1.96. The molecule has 0 saturated heterocycles. The molecule has 0 radical (unpaired) electrons. The standard InChI is InChI=1S/C9H10FNO/c1-7-5-9(10)11-6-8(7)3-2-4-12/h2-3,5-6,12H,4H2,1H3. The molecule has 0 amide bonds. The van der Waals surface area contributed by atoms with Gasteiger partial charge in [-0.15, -0.1) is 0 Å². The first kappa shape index (κ1) is 8.87. The zero-order valence-electron chi connectivity index (χ0n) is 6.79. The summed E-state index contributed by atoms with van der Waals surface area (Å²) in [7, 11) is 0. The highest BCUT2D eigenvalue weighted by atomic mass is 19.1. The third kappa shape index (κ3) is 2.13. The van der Waals surface area contributed by atoms with E-state index in [2.05, 4.69) is 4.98 Å². The summed E-state index contributed by atoms with van der Waals surface area (Å²) in [5.41, 5.74) is 1.64. The van der Waals surface area contributed by atoms with Gasteiger partial charge in [0.15, 0.2) is 0 Å². The van der Waals surface area contributed by atoms with Crippen molar-refractivity contribution >= 4 is 6.08 Å². The van der Waals surface area contributed by atoms with Crippen molar-refractivity contribution in [3.05, 3.63) is 35.4 Å². The first-order valence-corrected chi connectivity index (χ1v) is 3.63. The molecule has 1 heterocycles. The van der Waals surface area contributed by atoms with E-state index in [0.717, 1.165) is 11.1 Å². The SMILES string of the molecule is Cc1cc(F)ncc1C=CCO. The second kappa shape index (κ2) is 3.97. The molecule has 0 aliphatic carbocycles. The third-order valence-electron chi connectivity index (χ3n) is 1.52. The lowest BCUT2D eigenvalue weighted by Gasteiger charge is -1.97. The van der Waals surface area contributed by atoms with Crippen LogP contribution in [0.3, 0.4) is 0 Å². The van der Waals surface area contributed by atoms with Crippen LogP contribution < -0.4 is 0 Å². The van der Waals surface area contributed by atoms with Crippen molar-refractivity contribution in [2.45, 2.75) is 6.92 Å². The minimum atomic E-state index is -0.478. The van der Waals surface area contributed by atoms with Crippen molar-refractivity contribution in [1.82, 2.24) is 4.98 Å². The van der Waals surface area contributed by atoms with Crippen LogP contribution in [0.4, 0.5) is 4.39 Å². The quantitative estimate of drug-likeness (QED) is 0.677. The fraction of sp³-hybridized carbons (Fsp3) is 0.222. The summed E-state index contributed by atoms with van der Waals surface area (Å²) in [4.78, 5) is 3.49. The molecule has 0 saturated carbocycles. The molecule has 0 unspecified atom stereocenters. The van der Waals surface area contributed by atoms with Crippen LogP contribution >= 0.6 is 0 Å². The van der Waals surface area contributed by atoms with Crippen LogP contribution in [0.5, 0.6) is 0 Å². The Bertz CT molecular complexity index is 297. The lowest BCUT2D eigenvalue weighted by Crippen LogP contribution is -1.87. The predicted octanol–water partition coefficient (Wildman–Crippen LogP) is 1.53. The van der Waals surface area contributed by atoms with Crippen molar-refractivity contribution in [1.29, 1.82) is 0 Å².